The zero-order valence-electron chi connectivity index (χ0n) is 22.8. The molecule has 3 rings (SSSR count). The van der Waals surface area contributed by atoms with Gasteiger partial charge in [-0.05, 0) is 67.9 Å². The first kappa shape index (κ1) is 30.2. The van der Waals surface area contributed by atoms with Crippen LogP contribution in [0, 0.1) is 29.6 Å². The fourth-order valence-electron chi connectivity index (χ4n) is 5.14. The van der Waals surface area contributed by atoms with Gasteiger partial charge in [-0.3, -0.25) is 9.59 Å². The van der Waals surface area contributed by atoms with E-state index in [9.17, 15) is 22.8 Å². The fourth-order valence-corrected chi connectivity index (χ4v) is 5.41. The predicted octanol–water partition coefficient (Wildman–Crippen LogP) is 7.67. The number of aromatic nitrogens is 2. The first-order chi connectivity index (χ1) is 17.9. The highest BCUT2D eigenvalue weighted by molar-refractivity contribution is 6.35. The van der Waals surface area contributed by atoms with Gasteiger partial charge >= 0.3 is 6.18 Å². The molecule has 2 saturated carbocycles. The highest BCUT2D eigenvalue weighted by Gasteiger charge is 2.39. The highest BCUT2D eigenvalue weighted by atomic mass is 35.5. The maximum Gasteiger partial charge on any atom is 0.440 e. The minimum atomic E-state index is -4.78. The van der Waals surface area contributed by atoms with E-state index in [1.807, 2.05) is 13.8 Å². The van der Waals surface area contributed by atoms with Crippen LogP contribution in [-0.4, -0.2) is 45.6 Å². The molecule has 1 aromatic heterocycles. The van der Waals surface area contributed by atoms with Crippen molar-refractivity contribution < 1.29 is 22.8 Å². The molecule has 9 heteroatoms. The normalized spacial score (nSPS) is 21.3. The van der Waals surface area contributed by atoms with E-state index in [0.717, 1.165) is 44.6 Å². The van der Waals surface area contributed by atoms with Crippen molar-refractivity contribution in [3.63, 3.8) is 0 Å². The van der Waals surface area contributed by atoms with Gasteiger partial charge in [0, 0.05) is 12.5 Å². The van der Waals surface area contributed by atoms with E-state index < -0.39 is 17.8 Å². The average Bonchev–Trinajstić information content (AvgIpc) is 3.63. The molecule has 2 aliphatic rings. The summed E-state index contributed by atoms with van der Waals surface area (Å²) in [6.07, 6.45) is 4.44. The van der Waals surface area contributed by atoms with Gasteiger partial charge in [0.2, 0.25) is 0 Å². The van der Waals surface area contributed by atoms with Gasteiger partial charge in [-0.1, -0.05) is 64.4 Å². The number of Topliss-reactive ketones (excluding diaryl/α,β-unsaturated/α-hetero) is 1. The van der Waals surface area contributed by atoms with Crippen LogP contribution in [0.5, 0.6) is 0 Å². The van der Waals surface area contributed by atoms with Crippen molar-refractivity contribution >= 4 is 35.1 Å². The Hall–Kier alpha value is -2.31. The zero-order valence-corrected chi connectivity index (χ0v) is 23.5. The van der Waals surface area contributed by atoms with Crippen molar-refractivity contribution in [2.75, 3.05) is 13.1 Å². The lowest BCUT2D eigenvalue weighted by Crippen LogP contribution is -2.40. The van der Waals surface area contributed by atoms with Crippen LogP contribution in [0.1, 0.15) is 88.8 Å². The number of carbonyl (C=O) groups excluding carboxylic acids is 2. The summed E-state index contributed by atoms with van der Waals surface area (Å²) in [4.78, 5) is 28.1. The van der Waals surface area contributed by atoms with Crippen molar-refractivity contribution in [2.24, 2.45) is 29.6 Å². The van der Waals surface area contributed by atoms with Crippen LogP contribution in [0.4, 0.5) is 13.2 Å². The predicted molar refractivity (Wildman–Crippen MR) is 145 cm³/mol. The summed E-state index contributed by atoms with van der Waals surface area (Å²) < 4.78 is 42.4. The monoisotopic (exact) mass is 553 g/mol. The van der Waals surface area contributed by atoms with Crippen molar-refractivity contribution in [3.05, 3.63) is 34.8 Å². The first-order valence-corrected chi connectivity index (χ1v) is 14.0. The number of ketones is 1. The van der Waals surface area contributed by atoms with Crippen LogP contribution in [0.15, 0.2) is 18.4 Å². The summed E-state index contributed by atoms with van der Waals surface area (Å²) in [6.45, 7) is 11.8. The molecule has 0 saturated heterocycles. The number of amides is 1. The molecule has 2 fully saturated rings. The van der Waals surface area contributed by atoms with Crippen LogP contribution in [0.2, 0.25) is 5.02 Å². The zero-order chi connectivity index (χ0) is 28.2. The minimum Gasteiger partial charge on any atom is -0.330 e. The lowest BCUT2D eigenvalue weighted by molar-refractivity contribution is -0.125. The molecule has 0 aromatic carbocycles. The summed E-state index contributed by atoms with van der Waals surface area (Å²) in [5.74, 6) is 0.429. The third kappa shape index (κ3) is 7.20. The topological polar surface area (TPSA) is 55.2 Å². The second kappa shape index (κ2) is 12.7. The van der Waals surface area contributed by atoms with Crippen LogP contribution >= 0.6 is 11.6 Å². The Morgan fingerprint density at radius 1 is 1.21 bits per heavy atom. The maximum atomic E-state index is 13.9. The first-order valence-electron chi connectivity index (χ1n) is 13.7. The molecule has 5 nitrogen and oxygen atoms in total. The molecule has 210 valence electrons. The molecule has 0 N–H and O–H groups in total. The molecule has 38 heavy (non-hydrogen) atoms. The molecule has 2 unspecified atom stereocenters. The van der Waals surface area contributed by atoms with Gasteiger partial charge in [0.1, 0.15) is 0 Å². The van der Waals surface area contributed by atoms with E-state index >= 15 is 0 Å². The molecular formula is C29H39ClF3N3O2. The number of alkyl halides is 3. The molecule has 0 radical (unpaired) electrons. The molecule has 2 atom stereocenters. The van der Waals surface area contributed by atoms with E-state index in [1.54, 1.807) is 0 Å². The molecule has 0 spiro atoms. The third-order valence-electron chi connectivity index (χ3n) is 8.04. The molecule has 0 aliphatic heterocycles. The Kier molecular flexibility index (Phi) is 10.1. The number of nitrogens with zero attached hydrogens (tertiary/aromatic N) is 3. The number of carbonyl (C=O) groups is 2. The van der Waals surface area contributed by atoms with Gasteiger partial charge in [0.15, 0.2) is 17.2 Å². The van der Waals surface area contributed by atoms with Crippen LogP contribution in [0.3, 0.4) is 0 Å². The molecule has 0 bridgehead atoms. The molecule has 1 heterocycles. The van der Waals surface area contributed by atoms with Crippen LogP contribution < -0.4 is 0 Å². The van der Waals surface area contributed by atoms with E-state index in [-0.39, 0.29) is 53.0 Å². The van der Waals surface area contributed by atoms with E-state index in [4.69, 9.17) is 11.6 Å². The number of hydrogen-bond donors (Lipinski definition) is 0. The van der Waals surface area contributed by atoms with Gasteiger partial charge < -0.3 is 4.90 Å². The summed E-state index contributed by atoms with van der Waals surface area (Å²) in [5, 5.41) is 3.76. The highest BCUT2D eigenvalue weighted by Crippen LogP contribution is 2.37. The van der Waals surface area contributed by atoms with Gasteiger partial charge in [-0.15, -0.1) is 0 Å². The molecule has 1 amide bonds. The smallest absolute Gasteiger partial charge is 0.330 e. The number of allylic oxidation sites excluding steroid dienone is 1. The van der Waals surface area contributed by atoms with E-state index in [2.05, 4.69) is 31.3 Å². The number of hydrogen-bond acceptors (Lipinski definition) is 3. The minimum absolute atomic E-state index is 0.0547. The van der Waals surface area contributed by atoms with Gasteiger partial charge in [-0.25, -0.2) is 4.68 Å². The van der Waals surface area contributed by atoms with E-state index in [0.29, 0.717) is 22.9 Å². The van der Waals surface area contributed by atoms with Crippen molar-refractivity contribution in [3.8, 4) is 0 Å². The fraction of sp³-hybridized carbons (Fsp3) is 0.655. The lowest BCUT2D eigenvalue weighted by atomic mass is 9.72. The van der Waals surface area contributed by atoms with Crippen molar-refractivity contribution in [1.29, 1.82) is 0 Å². The SMILES string of the molecule is C=Cc1c(Cl)c(C(=O)N(CCC)CC(=O)C(C)C(C)C2CCC(C)CC2)nn1C(=C=CC1CC1)C(F)(F)F. The summed E-state index contributed by atoms with van der Waals surface area (Å²) in [5.41, 5.74) is 0.681. The van der Waals surface area contributed by atoms with Gasteiger partial charge in [0.05, 0.1) is 17.3 Å². The van der Waals surface area contributed by atoms with Crippen LogP contribution in [0.25, 0.3) is 11.8 Å². The standard InChI is InChI=1S/C29H39ClF3N3O2/c1-6-16-35(17-24(37)20(5)19(4)22-13-8-18(3)9-14-22)28(38)27-26(30)23(7-2)36(34-27)25(29(31,32)33)15-12-21-10-11-21/h7,12,18-22H,2,6,8-11,13-14,16-17H2,1,3-5H3. The van der Waals surface area contributed by atoms with Crippen molar-refractivity contribution in [2.45, 2.75) is 78.8 Å². The van der Waals surface area contributed by atoms with Crippen molar-refractivity contribution in [1.82, 2.24) is 14.7 Å². The van der Waals surface area contributed by atoms with Gasteiger partial charge in [0.25, 0.3) is 5.91 Å². The van der Waals surface area contributed by atoms with Gasteiger partial charge in [-0.2, -0.15) is 18.3 Å². The second-order valence-electron chi connectivity index (χ2n) is 11.0. The quantitative estimate of drug-likeness (QED) is 0.264. The molecule has 1 aromatic rings. The Balaban J connectivity index is 1.86. The largest absolute Gasteiger partial charge is 0.440 e. The Labute approximate surface area is 228 Å². The lowest BCUT2D eigenvalue weighted by Gasteiger charge is -2.34. The Bertz CT molecular complexity index is 1090. The number of rotatable bonds is 11. The Morgan fingerprint density at radius 2 is 1.84 bits per heavy atom. The number of halogens is 4. The average molecular weight is 554 g/mol. The maximum absolute atomic E-state index is 13.9. The molecule has 2 aliphatic carbocycles. The van der Waals surface area contributed by atoms with Crippen LogP contribution in [-0.2, 0) is 4.79 Å². The third-order valence-corrected chi connectivity index (χ3v) is 8.42. The summed E-state index contributed by atoms with van der Waals surface area (Å²) in [7, 11) is 0. The van der Waals surface area contributed by atoms with E-state index in [1.165, 1.54) is 11.0 Å². The summed E-state index contributed by atoms with van der Waals surface area (Å²) >= 11 is 6.40. The summed E-state index contributed by atoms with van der Waals surface area (Å²) in [6, 6.07) is 0. The second-order valence-corrected chi connectivity index (χ2v) is 11.4. The Morgan fingerprint density at radius 3 is 2.37 bits per heavy atom. The molecular weight excluding hydrogens is 515 g/mol.